The Morgan fingerprint density at radius 3 is 1.72 bits per heavy atom. The number of rotatable bonds is 2. The molecule has 0 N–H and O–H groups in total. The van der Waals surface area contributed by atoms with E-state index in [1.54, 1.807) is 0 Å². The van der Waals surface area contributed by atoms with Crippen LogP contribution in [0.2, 0.25) is 0 Å². The molecule has 0 bridgehead atoms. The minimum Gasteiger partial charge on any atom is -0.309 e. The van der Waals surface area contributed by atoms with Gasteiger partial charge in [0.15, 0.2) is 0 Å². The first-order valence-electron chi connectivity index (χ1n) is 16.4. The second-order valence-electron chi connectivity index (χ2n) is 12.8. The topological polar surface area (TPSA) is 4.93 Å². The Morgan fingerprint density at radius 1 is 0.298 bits per heavy atom. The maximum Gasteiger partial charge on any atom is 0.0626 e. The lowest BCUT2D eigenvalue weighted by Gasteiger charge is -2.18. The fourth-order valence-electron chi connectivity index (χ4n) is 8.57. The highest BCUT2D eigenvalue weighted by atomic mass is 15.0. The van der Waals surface area contributed by atoms with E-state index < -0.39 is 0 Å². The molecule has 0 radical (unpaired) electrons. The van der Waals surface area contributed by atoms with Gasteiger partial charge in [-0.1, -0.05) is 140 Å². The van der Waals surface area contributed by atoms with E-state index in [4.69, 9.17) is 0 Å². The number of hydrogen-bond donors (Lipinski definition) is 0. The fraction of sp³-hybridized carbons (Fsp3) is 0. The van der Waals surface area contributed by atoms with E-state index in [-0.39, 0.29) is 0 Å². The monoisotopic (exact) mass is 593 g/mol. The summed E-state index contributed by atoms with van der Waals surface area (Å²) in [4.78, 5) is 0. The maximum atomic E-state index is 2.49. The summed E-state index contributed by atoms with van der Waals surface area (Å²) < 4.78 is 2.47. The van der Waals surface area contributed by atoms with E-state index in [0.717, 1.165) is 0 Å². The summed E-state index contributed by atoms with van der Waals surface area (Å²) in [6.07, 6.45) is 0. The Morgan fingerprint density at radius 2 is 0.915 bits per heavy atom. The smallest absolute Gasteiger partial charge is 0.0626 e. The molecule has 0 aliphatic carbocycles. The van der Waals surface area contributed by atoms with Crippen LogP contribution in [0.4, 0.5) is 0 Å². The largest absolute Gasteiger partial charge is 0.309 e. The molecule has 0 amide bonds. The number of fused-ring (bicyclic) bond motifs is 10. The van der Waals surface area contributed by atoms with Gasteiger partial charge in [-0.05, 0) is 89.3 Å². The van der Waals surface area contributed by atoms with Crippen molar-refractivity contribution in [3.05, 3.63) is 164 Å². The van der Waals surface area contributed by atoms with Crippen molar-refractivity contribution in [1.29, 1.82) is 0 Å². The lowest BCUT2D eigenvalue weighted by atomic mass is 9.85. The van der Waals surface area contributed by atoms with Gasteiger partial charge in [0.25, 0.3) is 0 Å². The van der Waals surface area contributed by atoms with Crippen LogP contribution in [-0.4, -0.2) is 4.57 Å². The second kappa shape index (κ2) is 9.19. The predicted molar refractivity (Wildman–Crippen MR) is 202 cm³/mol. The molecule has 0 unspecified atom stereocenters. The second-order valence-corrected chi connectivity index (χ2v) is 12.8. The first-order valence-corrected chi connectivity index (χ1v) is 16.4. The highest BCUT2D eigenvalue weighted by molar-refractivity contribution is 6.38. The van der Waals surface area contributed by atoms with Crippen LogP contribution in [0, 0.1) is 0 Å². The molecule has 11 rings (SSSR count). The molecule has 1 aromatic heterocycles. The van der Waals surface area contributed by atoms with Crippen LogP contribution < -0.4 is 0 Å². The van der Waals surface area contributed by atoms with Gasteiger partial charge in [0, 0.05) is 27.2 Å². The first-order chi connectivity index (χ1) is 23.3. The van der Waals surface area contributed by atoms with E-state index in [0.29, 0.717) is 0 Å². The minimum absolute atomic E-state index is 1.18. The quantitative estimate of drug-likeness (QED) is 0.176. The summed E-state index contributed by atoms with van der Waals surface area (Å²) in [6, 6.07) is 60.7. The zero-order valence-corrected chi connectivity index (χ0v) is 25.5. The van der Waals surface area contributed by atoms with Gasteiger partial charge in [-0.25, -0.2) is 0 Å². The van der Waals surface area contributed by atoms with Gasteiger partial charge in [-0.15, -0.1) is 0 Å². The molecule has 10 aromatic carbocycles. The van der Waals surface area contributed by atoms with Crippen molar-refractivity contribution < 1.29 is 0 Å². The van der Waals surface area contributed by atoms with Gasteiger partial charge >= 0.3 is 0 Å². The Balaban J connectivity index is 1.37. The minimum atomic E-state index is 1.18. The van der Waals surface area contributed by atoms with Crippen molar-refractivity contribution in [2.75, 3.05) is 0 Å². The average molecular weight is 594 g/mol. The third-order valence-electron chi connectivity index (χ3n) is 10.5. The van der Waals surface area contributed by atoms with Crippen molar-refractivity contribution >= 4 is 86.4 Å². The van der Waals surface area contributed by atoms with Crippen LogP contribution >= 0.6 is 0 Å². The Labute approximate surface area is 270 Å². The van der Waals surface area contributed by atoms with Crippen molar-refractivity contribution in [2.45, 2.75) is 0 Å². The molecule has 0 saturated carbocycles. The van der Waals surface area contributed by atoms with Crippen LogP contribution in [0.15, 0.2) is 164 Å². The van der Waals surface area contributed by atoms with E-state index in [9.17, 15) is 0 Å². The number of benzene rings is 10. The fourth-order valence-corrected chi connectivity index (χ4v) is 8.57. The van der Waals surface area contributed by atoms with Crippen molar-refractivity contribution in [2.24, 2.45) is 0 Å². The van der Waals surface area contributed by atoms with Crippen LogP contribution in [-0.2, 0) is 0 Å². The van der Waals surface area contributed by atoms with Crippen LogP contribution in [0.5, 0.6) is 0 Å². The maximum absolute atomic E-state index is 2.49. The lowest BCUT2D eigenvalue weighted by molar-refractivity contribution is 1.19. The number of para-hydroxylation sites is 2. The summed E-state index contributed by atoms with van der Waals surface area (Å²) in [5.41, 5.74) is 6.23. The highest BCUT2D eigenvalue weighted by Gasteiger charge is 2.22. The van der Waals surface area contributed by atoms with Gasteiger partial charge in [-0.3, -0.25) is 0 Å². The summed E-state index contributed by atoms with van der Waals surface area (Å²) in [7, 11) is 0. The zero-order valence-electron chi connectivity index (χ0n) is 25.5. The molecule has 47 heavy (non-hydrogen) atoms. The van der Waals surface area contributed by atoms with E-state index in [2.05, 4.69) is 168 Å². The highest BCUT2D eigenvalue weighted by Crippen LogP contribution is 2.48. The molecular weight excluding hydrogens is 567 g/mol. The molecule has 0 spiro atoms. The van der Waals surface area contributed by atoms with Crippen molar-refractivity contribution in [3.63, 3.8) is 0 Å². The molecule has 0 aliphatic heterocycles. The van der Waals surface area contributed by atoms with Gasteiger partial charge in [0.05, 0.1) is 11.0 Å². The molecule has 216 valence electrons. The van der Waals surface area contributed by atoms with Gasteiger partial charge in [0.1, 0.15) is 0 Å². The predicted octanol–water partition coefficient (Wildman–Crippen LogP) is 12.8. The van der Waals surface area contributed by atoms with Gasteiger partial charge in [-0.2, -0.15) is 0 Å². The lowest BCUT2D eigenvalue weighted by Crippen LogP contribution is -1.95. The van der Waals surface area contributed by atoms with Crippen molar-refractivity contribution in [1.82, 2.24) is 4.57 Å². The molecule has 11 aromatic rings. The average Bonchev–Trinajstić information content (AvgIpc) is 3.49. The molecule has 1 heteroatoms. The molecule has 0 atom stereocenters. The van der Waals surface area contributed by atoms with Gasteiger partial charge < -0.3 is 4.57 Å². The summed E-state index contributed by atoms with van der Waals surface area (Å²) in [5.74, 6) is 0. The Hall–Kier alpha value is -6.18. The van der Waals surface area contributed by atoms with Crippen LogP contribution in [0.3, 0.4) is 0 Å². The summed E-state index contributed by atoms with van der Waals surface area (Å²) >= 11 is 0. The number of nitrogens with zero attached hydrogens (tertiary/aromatic N) is 1. The van der Waals surface area contributed by atoms with E-state index in [1.165, 1.54) is 103 Å². The van der Waals surface area contributed by atoms with Gasteiger partial charge in [0.2, 0.25) is 0 Å². The third kappa shape index (κ3) is 3.28. The molecule has 0 saturated heterocycles. The Bertz CT molecular complexity index is 3040. The molecular formula is C46H27N. The third-order valence-corrected chi connectivity index (χ3v) is 10.5. The summed E-state index contributed by atoms with van der Waals surface area (Å²) in [6.45, 7) is 0. The number of aromatic nitrogens is 1. The zero-order chi connectivity index (χ0) is 30.6. The molecule has 1 nitrogen and oxygen atoms in total. The molecule has 0 aliphatic rings. The van der Waals surface area contributed by atoms with Crippen LogP contribution in [0.25, 0.3) is 103 Å². The SMILES string of the molecule is c1ccc(-n2c3ccccc3c3c4c5ccccc5c(-c5ccc6ccc7cccc8ccc5c6c78)cc4c4ccccc4c32)cc1. The van der Waals surface area contributed by atoms with E-state index >= 15 is 0 Å². The normalized spacial score (nSPS) is 12.3. The van der Waals surface area contributed by atoms with Crippen LogP contribution in [0.1, 0.15) is 0 Å². The molecule has 1 heterocycles. The van der Waals surface area contributed by atoms with E-state index in [1.807, 2.05) is 0 Å². The number of hydrogen-bond acceptors (Lipinski definition) is 0. The standard InChI is InChI=1S/C46H27N/c1-2-13-31(14-3-1)47-41-20-9-8-19-38(41)45-44-35-17-6-4-15-32(35)39(27-40(44)33-16-5-7-18-37(33)46(45)47)34-25-23-30-22-21-28-11-10-12-29-24-26-36(34)43(30)42(28)29/h1-27H. The summed E-state index contributed by atoms with van der Waals surface area (Å²) in [5, 5.41) is 18.2. The van der Waals surface area contributed by atoms with Crippen molar-refractivity contribution in [3.8, 4) is 16.8 Å². The first kappa shape index (κ1) is 25.1. The Kier molecular flexibility index (Phi) is 4.90. The molecule has 0 fully saturated rings.